The Balaban J connectivity index is 0. The van der Waals surface area contributed by atoms with Crippen LogP contribution in [0.15, 0.2) is 73.1 Å². The van der Waals surface area contributed by atoms with Gasteiger partial charge >= 0.3 is 29.6 Å². The molecule has 3 rings (SSSR count). The normalized spacial score (nSPS) is 9.30. The third kappa shape index (κ3) is 11.3. The monoisotopic (exact) mass is 423 g/mol. The van der Waals surface area contributed by atoms with Gasteiger partial charge in [-0.1, -0.05) is 12.1 Å². The number of ether oxygens (including phenoxy) is 1. The zero-order chi connectivity index (χ0) is 21.5. The van der Waals surface area contributed by atoms with Gasteiger partial charge in [0, 0.05) is 18.8 Å². The summed E-state index contributed by atoms with van der Waals surface area (Å²) < 4.78 is 31.0. The predicted octanol–water partition coefficient (Wildman–Crippen LogP) is 1.05. The van der Waals surface area contributed by atoms with Gasteiger partial charge in [-0.25, -0.2) is 13.5 Å². The van der Waals surface area contributed by atoms with E-state index >= 15 is 0 Å². The summed E-state index contributed by atoms with van der Waals surface area (Å²) in [5, 5.41) is 11.9. The second-order valence-electron chi connectivity index (χ2n) is 5.38. The van der Waals surface area contributed by atoms with Crippen LogP contribution in [-0.4, -0.2) is 16.4 Å². The molecule has 1 heterocycles. The number of nitriles is 1. The van der Waals surface area contributed by atoms with E-state index in [1.54, 1.807) is 47.3 Å². The number of nitrogens with two attached hydrogens (primary N) is 2. The summed E-state index contributed by atoms with van der Waals surface area (Å²) in [7, 11) is 0. The molecule has 0 bridgehead atoms. The molecule has 6 nitrogen and oxygen atoms in total. The summed E-state index contributed by atoms with van der Waals surface area (Å²) in [6.07, 6.45) is 4.39. The first kappa shape index (κ1) is 27.3. The molecule has 0 amide bonds. The van der Waals surface area contributed by atoms with Crippen molar-refractivity contribution in [2.24, 2.45) is 5.73 Å². The number of aromatic nitrogens is 2. The van der Waals surface area contributed by atoms with Gasteiger partial charge in [-0.05, 0) is 48.9 Å². The van der Waals surface area contributed by atoms with Crippen molar-refractivity contribution in [3.8, 4) is 11.8 Å². The van der Waals surface area contributed by atoms with Crippen molar-refractivity contribution in [2.75, 3.05) is 12.3 Å². The molecular formula is C21H24F2N5NaO. The average Bonchev–Trinajstić information content (AvgIpc) is 3.17. The van der Waals surface area contributed by atoms with Crippen molar-refractivity contribution < 1.29 is 44.5 Å². The maximum absolute atomic E-state index is 12.6. The summed E-state index contributed by atoms with van der Waals surface area (Å²) in [6.45, 7) is 2.96. The van der Waals surface area contributed by atoms with Crippen molar-refractivity contribution in [1.29, 1.82) is 5.26 Å². The summed E-state index contributed by atoms with van der Waals surface area (Å²) in [5.74, 6) is -0.0274. The van der Waals surface area contributed by atoms with E-state index < -0.39 is 0 Å². The van der Waals surface area contributed by atoms with E-state index in [1.165, 1.54) is 36.6 Å². The molecule has 0 saturated carbocycles. The van der Waals surface area contributed by atoms with Gasteiger partial charge in [-0.2, -0.15) is 10.4 Å². The van der Waals surface area contributed by atoms with Crippen LogP contribution in [0.2, 0.25) is 0 Å². The minimum absolute atomic E-state index is 0. The van der Waals surface area contributed by atoms with Crippen LogP contribution in [0.3, 0.4) is 0 Å². The Morgan fingerprint density at radius 2 is 1.67 bits per heavy atom. The van der Waals surface area contributed by atoms with E-state index in [0.29, 0.717) is 19.0 Å². The van der Waals surface area contributed by atoms with Gasteiger partial charge in [0.1, 0.15) is 17.5 Å². The third-order valence-electron chi connectivity index (χ3n) is 3.26. The number of allylic oxidation sites excluding steroid dienone is 1. The Morgan fingerprint density at radius 1 is 1.10 bits per heavy atom. The number of halogens is 2. The first-order valence-corrected chi connectivity index (χ1v) is 8.68. The molecule has 0 radical (unpaired) electrons. The molecule has 1 aromatic heterocycles. The molecule has 154 valence electrons. The molecule has 0 spiro atoms. The summed E-state index contributed by atoms with van der Waals surface area (Å²) in [5.41, 5.74) is 12.5. The molecular weight excluding hydrogens is 399 g/mol. The second-order valence-corrected chi connectivity index (χ2v) is 5.38. The van der Waals surface area contributed by atoms with Gasteiger partial charge in [-0.3, -0.25) is 0 Å². The molecule has 0 aliphatic rings. The molecule has 9 heteroatoms. The molecule has 0 saturated heterocycles. The minimum Gasteiger partial charge on any atom is -1.00 e. The average molecular weight is 423 g/mol. The number of hydrogen-bond donors (Lipinski definition) is 2. The number of anilines is 1. The standard InChI is InChI=1S/C9H8FN3.C7H8FN.C5H7NO.Na.H/c10-7-1-3-8(4-2-7)13-6-5-9(11)12-13;8-7-3-1-6(5-9)2-4-7;1-2-7-5-3-4-6;;/h1-6H,(H2,11,12);1-4H,5,9H2;3,5H,2H2,1H3;;/q;;;+1;-1/b;;5-3+;;. The van der Waals surface area contributed by atoms with Gasteiger partial charge in [-0.15, -0.1) is 0 Å². The van der Waals surface area contributed by atoms with Crippen molar-refractivity contribution in [3.63, 3.8) is 0 Å². The largest absolute Gasteiger partial charge is 1.00 e. The number of nitrogen functional groups attached to an aromatic ring is 1. The fourth-order valence-corrected chi connectivity index (χ4v) is 1.87. The van der Waals surface area contributed by atoms with Crippen LogP contribution in [-0.2, 0) is 11.3 Å². The quantitative estimate of drug-likeness (QED) is 0.371. The molecule has 2 aromatic carbocycles. The predicted molar refractivity (Wildman–Crippen MR) is 110 cm³/mol. The first-order valence-electron chi connectivity index (χ1n) is 8.68. The number of nitrogens with zero attached hydrogens (tertiary/aromatic N) is 3. The van der Waals surface area contributed by atoms with Crippen molar-refractivity contribution in [3.05, 3.63) is 90.3 Å². The first-order chi connectivity index (χ1) is 14.0. The number of benzene rings is 2. The van der Waals surface area contributed by atoms with E-state index in [4.69, 9.17) is 16.7 Å². The maximum Gasteiger partial charge on any atom is 1.00 e. The van der Waals surface area contributed by atoms with E-state index in [2.05, 4.69) is 9.84 Å². The molecule has 30 heavy (non-hydrogen) atoms. The fraction of sp³-hybridized carbons (Fsp3) is 0.143. The van der Waals surface area contributed by atoms with Gasteiger partial charge in [0.2, 0.25) is 0 Å². The Labute approximate surface area is 198 Å². The summed E-state index contributed by atoms with van der Waals surface area (Å²) in [4.78, 5) is 0. The zero-order valence-corrected chi connectivity index (χ0v) is 19.0. The fourth-order valence-electron chi connectivity index (χ4n) is 1.87. The third-order valence-corrected chi connectivity index (χ3v) is 3.26. The molecule has 3 aromatic rings. The van der Waals surface area contributed by atoms with E-state index in [9.17, 15) is 8.78 Å². The van der Waals surface area contributed by atoms with Gasteiger partial charge in [0.05, 0.1) is 30.7 Å². The van der Waals surface area contributed by atoms with Gasteiger partial charge in [0.25, 0.3) is 0 Å². The molecule has 0 aliphatic heterocycles. The van der Waals surface area contributed by atoms with Crippen LogP contribution < -0.4 is 41.0 Å². The minimum atomic E-state index is -0.260. The summed E-state index contributed by atoms with van der Waals surface area (Å²) >= 11 is 0. The Morgan fingerprint density at radius 3 is 2.10 bits per heavy atom. The Kier molecular flexibility index (Phi) is 14.7. The number of hydrogen-bond acceptors (Lipinski definition) is 5. The Bertz CT molecular complexity index is 913. The Hall–Kier alpha value is -2.70. The van der Waals surface area contributed by atoms with Crippen LogP contribution in [0.25, 0.3) is 5.69 Å². The molecule has 0 atom stereocenters. The number of rotatable bonds is 4. The van der Waals surface area contributed by atoms with Crippen molar-refractivity contribution in [1.82, 2.24) is 9.78 Å². The molecule has 0 fully saturated rings. The molecule has 0 unspecified atom stereocenters. The van der Waals surface area contributed by atoms with Crippen LogP contribution in [0.5, 0.6) is 0 Å². The van der Waals surface area contributed by atoms with Crippen LogP contribution in [0, 0.1) is 23.0 Å². The topological polar surface area (TPSA) is 103 Å². The van der Waals surface area contributed by atoms with Gasteiger partial charge in [0.15, 0.2) is 0 Å². The molecule has 0 aliphatic carbocycles. The summed E-state index contributed by atoms with van der Waals surface area (Å²) in [6, 6.07) is 15.7. The van der Waals surface area contributed by atoms with E-state index in [1.807, 2.05) is 6.92 Å². The van der Waals surface area contributed by atoms with Gasteiger partial charge < -0.3 is 17.6 Å². The van der Waals surface area contributed by atoms with Crippen molar-refractivity contribution >= 4 is 5.82 Å². The van der Waals surface area contributed by atoms with E-state index in [0.717, 1.165) is 11.3 Å². The van der Waals surface area contributed by atoms with Crippen molar-refractivity contribution in [2.45, 2.75) is 13.5 Å². The van der Waals surface area contributed by atoms with Crippen LogP contribution in [0.1, 0.15) is 13.9 Å². The van der Waals surface area contributed by atoms with Crippen LogP contribution >= 0.6 is 0 Å². The smallest absolute Gasteiger partial charge is 1.00 e. The van der Waals surface area contributed by atoms with Crippen LogP contribution in [0.4, 0.5) is 14.6 Å². The maximum atomic E-state index is 12.6. The zero-order valence-electron chi connectivity index (χ0n) is 18.0. The second kappa shape index (κ2) is 16.1. The van der Waals surface area contributed by atoms with E-state index in [-0.39, 0.29) is 42.6 Å². The SMILES string of the molecule is CCO/C=C/C#N.NCc1ccc(F)cc1.Nc1ccn(-c2ccc(F)cc2)n1.[H-].[Na+]. The molecule has 4 N–H and O–H groups in total.